The summed E-state index contributed by atoms with van der Waals surface area (Å²) in [7, 11) is 0. The van der Waals surface area contributed by atoms with Gasteiger partial charge in [0.25, 0.3) is 0 Å². The highest BCUT2D eigenvalue weighted by Crippen LogP contribution is 2.29. The minimum absolute atomic E-state index is 0.00941. The standard InChI is InChI=1S/C22H26N2O2S/c1-15-10-12-18(13-11-15)23-21(25)14-27-16(2)22(26)24-20-9-5-7-17-6-3-4-8-19(17)20/h3-4,6,8,10-13,16,20H,5,7,9,14H2,1-2H3,(H,23,25)(H,24,26). The smallest absolute Gasteiger partial charge is 0.234 e. The van der Waals surface area contributed by atoms with E-state index in [9.17, 15) is 9.59 Å². The number of rotatable bonds is 6. The molecule has 1 aliphatic carbocycles. The van der Waals surface area contributed by atoms with Crippen LogP contribution in [-0.2, 0) is 16.0 Å². The van der Waals surface area contributed by atoms with E-state index in [2.05, 4.69) is 22.8 Å². The zero-order valence-corrected chi connectivity index (χ0v) is 16.6. The van der Waals surface area contributed by atoms with Gasteiger partial charge < -0.3 is 10.6 Å². The summed E-state index contributed by atoms with van der Waals surface area (Å²) in [6.07, 6.45) is 3.13. The zero-order valence-electron chi connectivity index (χ0n) is 15.8. The summed E-state index contributed by atoms with van der Waals surface area (Å²) in [6, 6.07) is 16.1. The van der Waals surface area contributed by atoms with Gasteiger partial charge in [0, 0.05) is 5.69 Å². The largest absolute Gasteiger partial charge is 0.348 e. The lowest BCUT2D eigenvalue weighted by molar-refractivity contribution is -0.121. The lowest BCUT2D eigenvalue weighted by Gasteiger charge is -2.27. The average Bonchev–Trinajstić information content (AvgIpc) is 2.68. The van der Waals surface area contributed by atoms with Crippen LogP contribution in [-0.4, -0.2) is 22.8 Å². The summed E-state index contributed by atoms with van der Waals surface area (Å²) in [5.74, 6) is 0.153. The Balaban J connectivity index is 1.48. The fourth-order valence-electron chi connectivity index (χ4n) is 3.30. The first-order chi connectivity index (χ1) is 13.0. The molecule has 4 nitrogen and oxygen atoms in total. The maximum Gasteiger partial charge on any atom is 0.234 e. The highest BCUT2D eigenvalue weighted by molar-refractivity contribution is 8.01. The monoisotopic (exact) mass is 382 g/mol. The first-order valence-corrected chi connectivity index (χ1v) is 10.4. The van der Waals surface area contributed by atoms with E-state index in [1.807, 2.05) is 50.2 Å². The van der Waals surface area contributed by atoms with Crippen molar-refractivity contribution < 1.29 is 9.59 Å². The van der Waals surface area contributed by atoms with Gasteiger partial charge in [0.05, 0.1) is 17.0 Å². The molecular weight excluding hydrogens is 356 g/mol. The highest BCUT2D eigenvalue weighted by atomic mass is 32.2. The van der Waals surface area contributed by atoms with Crippen molar-refractivity contribution in [3.8, 4) is 0 Å². The third-order valence-corrected chi connectivity index (χ3v) is 6.00. The molecule has 0 aromatic heterocycles. The summed E-state index contributed by atoms with van der Waals surface area (Å²) in [5.41, 5.74) is 4.48. The van der Waals surface area contributed by atoms with Gasteiger partial charge >= 0.3 is 0 Å². The molecule has 27 heavy (non-hydrogen) atoms. The number of nitrogens with one attached hydrogen (secondary N) is 2. The molecule has 0 spiro atoms. The molecule has 0 saturated carbocycles. The Morgan fingerprint density at radius 2 is 1.89 bits per heavy atom. The average molecular weight is 383 g/mol. The molecule has 2 amide bonds. The van der Waals surface area contributed by atoms with Crippen LogP contribution < -0.4 is 10.6 Å². The van der Waals surface area contributed by atoms with Crippen LogP contribution in [0.5, 0.6) is 0 Å². The van der Waals surface area contributed by atoms with Gasteiger partial charge in [-0.1, -0.05) is 42.0 Å². The lowest BCUT2D eigenvalue weighted by atomic mass is 9.88. The summed E-state index contributed by atoms with van der Waals surface area (Å²) >= 11 is 1.36. The first-order valence-electron chi connectivity index (χ1n) is 9.39. The van der Waals surface area contributed by atoms with E-state index in [-0.39, 0.29) is 28.9 Å². The second-order valence-electron chi connectivity index (χ2n) is 7.02. The van der Waals surface area contributed by atoms with Crippen molar-refractivity contribution in [1.82, 2.24) is 5.32 Å². The minimum atomic E-state index is -0.275. The van der Waals surface area contributed by atoms with Gasteiger partial charge in [-0.3, -0.25) is 9.59 Å². The number of amides is 2. The molecule has 2 N–H and O–H groups in total. The highest BCUT2D eigenvalue weighted by Gasteiger charge is 2.24. The number of aryl methyl sites for hydroxylation is 2. The third-order valence-electron chi connectivity index (χ3n) is 4.85. The normalized spacial score (nSPS) is 16.9. The van der Waals surface area contributed by atoms with Gasteiger partial charge in [0.1, 0.15) is 0 Å². The molecule has 2 aromatic rings. The van der Waals surface area contributed by atoms with Gasteiger partial charge in [-0.2, -0.15) is 0 Å². The maximum absolute atomic E-state index is 12.6. The number of hydrogen-bond donors (Lipinski definition) is 2. The molecule has 2 aromatic carbocycles. The Kier molecular flexibility index (Phi) is 6.56. The van der Waals surface area contributed by atoms with E-state index in [0.29, 0.717) is 0 Å². The molecule has 142 valence electrons. The van der Waals surface area contributed by atoms with E-state index < -0.39 is 0 Å². The molecule has 0 fully saturated rings. The zero-order chi connectivity index (χ0) is 19.2. The summed E-state index contributed by atoms with van der Waals surface area (Å²) < 4.78 is 0. The summed E-state index contributed by atoms with van der Waals surface area (Å²) in [6.45, 7) is 3.86. The van der Waals surface area contributed by atoms with Gasteiger partial charge in [-0.25, -0.2) is 0 Å². The number of hydrogen-bond acceptors (Lipinski definition) is 3. The van der Waals surface area contributed by atoms with E-state index in [1.165, 1.54) is 22.9 Å². The molecular formula is C22H26N2O2S. The first kappa shape index (κ1) is 19.5. The fraction of sp³-hybridized carbons (Fsp3) is 0.364. The quantitative estimate of drug-likeness (QED) is 0.785. The molecule has 5 heteroatoms. The second-order valence-corrected chi connectivity index (χ2v) is 8.35. The Bertz CT molecular complexity index is 804. The van der Waals surface area contributed by atoms with Crippen molar-refractivity contribution in [3.63, 3.8) is 0 Å². The van der Waals surface area contributed by atoms with E-state index in [4.69, 9.17) is 0 Å². The molecule has 0 bridgehead atoms. The molecule has 0 heterocycles. The molecule has 0 saturated heterocycles. The molecule has 3 rings (SSSR count). The van der Waals surface area contributed by atoms with E-state index in [1.54, 1.807) is 0 Å². The fourth-order valence-corrected chi connectivity index (χ4v) is 4.00. The number of thioether (sulfide) groups is 1. The number of benzene rings is 2. The predicted octanol–water partition coefficient (Wildman–Crippen LogP) is 4.25. The van der Waals surface area contributed by atoms with Gasteiger partial charge in [0.2, 0.25) is 11.8 Å². The second kappa shape index (κ2) is 9.09. The Morgan fingerprint density at radius 3 is 2.67 bits per heavy atom. The Hall–Kier alpha value is -2.27. The molecule has 1 aliphatic rings. The maximum atomic E-state index is 12.6. The summed E-state index contributed by atoms with van der Waals surface area (Å²) in [5, 5.41) is 5.75. The van der Waals surface area contributed by atoms with Crippen molar-refractivity contribution in [1.29, 1.82) is 0 Å². The van der Waals surface area contributed by atoms with Crippen LogP contribution in [0, 0.1) is 6.92 Å². The van der Waals surface area contributed by atoms with Crippen LogP contribution in [0.25, 0.3) is 0 Å². The van der Waals surface area contributed by atoms with Crippen molar-refractivity contribution in [2.45, 2.75) is 44.4 Å². The van der Waals surface area contributed by atoms with Crippen LogP contribution in [0.1, 0.15) is 42.5 Å². The van der Waals surface area contributed by atoms with Gasteiger partial charge in [-0.05, 0) is 56.4 Å². The van der Waals surface area contributed by atoms with Crippen LogP contribution in [0.3, 0.4) is 0 Å². The van der Waals surface area contributed by atoms with Gasteiger partial charge in [0.15, 0.2) is 0 Å². The molecule has 2 atom stereocenters. The van der Waals surface area contributed by atoms with Crippen LogP contribution in [0.4, 0.5) is 5.69 Å². The van der Waals surface area contributed by atoms with Crippen molar-refractivity contribution in [2.75, 3.05) is 11.1 Å². The SMILES string of the molecule is Cc1ccc(NC(=O)CSC(C)C(=O)NC2CCCc3ccccc32)cc1. The van der Waals surface area contributed by atoms with Crippen molar-refractivity contribution >= 4 is 29.3 Å². The predicted molar refractivity (Wildman–Crippen MR) is 112 cm³/mol. The summed E-state index contributed by atoms with van der Waals surface area (Å²) in [4.78, 5) is 24.7. The van der Waals surface area contributed by atoms with Crippen LogP contribution in [0.15, 0.2) is 48.5 Å². The van der Waals surface area contributed by atoms with Crippen molar-refractivity contribution in [2.24, 2.45) is 0 Å². The van der Waals surface area contributed by atoms with Crippen molar-refractivity contribution in [3.05, 3.63) is 65.2 Å². The van der Waals surface area contributed by atoms with Crippen LogP contribution >= 0.6 is 11.8 Å². The number of carbonyl (C=O) groups excluding carboxylic acids is 2. The van der Waals surface area contributed by atoms with E-state index in [0.717, 1.165) is 30.5 Å². The third kappa shape index (κ3) is 5.36. The lowest BCUT2D eigenvalue weighted by Crippen LogP contribution is -2.36. The molecule has 2 unspecified atom stereocenters. The van der Waals surface area contributed by atoms with Crippen LogP contribution in [0.2, 0.25) is 0 Å². The van der Waals surface area contributed by atoms with E-state index >= 15 is 0 Å². The Labute approximate surface area is 165 Å². The molecule has 0 aliphatic heterocycles. The topological polar surface area (TPSA) is 58.2 Å². The number of fused-ring (bicyclic) bond motifs is 1. The Morgan fingerprint density at radius 1 is 1.15 bits per heavy atom. The number of carbonyl (C=O) groups is 2. The number of anilines is 1. The van der Waals surface area contributed by atoms with Gasteiger partial charge in [-0.15, -0.1) is 11.8 Å². The minimum Gasteiger partial charge on any atom is -0.348 e. The molecule has 0 radical (unpaired) electrons.